The van der Waals surface area contributed by atoms with E-state index in [-0.39, 0.29) is 18.0 Å². The third-order valence-electron chi connectivity index (χ3n) is 4.22. The van der Waals surface area contributed by atoms with Gasteiger partial charge in [-0.05, 0) is 39.2 Å². The first-order chi connectivity index (χ1) is 10.7. The molecule has 2 atom stereocenters. The summed E-state index contributed by atoms with van der Waals surface area (Å²) in [6.45, 7) is 3.71. The fraction of sp³-hybridized carbons (Fsp3) is 0.800. The molecule has 3 rings (SSSR count). The topological polar surface area (TPSA) is 80.5 Å². The lowest BCUT2D eigenvalue weighted by molar-refractivity contribution is -0.123. The Morgan fingerprint density at radius 2 is 2.32 bits per heavy atom. The predicted molar refractivity (Wildman–Crippen MR) is 79.3 cm³/mol. The summed E-state index contributed by atoms with van der Waals surface area (Å²) < 4.78 is 10.4. The molecule has 1 aliphatic heterocycles. The summed E-state index contributed by atoms with van der Waals surface area (Å²) in [6, 6.07) is 0.116. The molecular formula is C15H24N4O3. The Morgan fingerprint density at radius 3 is 3.05 bits per heavy atom. The molecule has 1 aliphatic carbocycles. The second-order valence-electron chi connectivity index (χ2n) is 6.32. The van der Waals surface area contributed by atoms with E-state index in [0.29, 0.717) is 19.1 Å². The first kappa shape index (κ1) is 15.4. The maximum absolute atomic E-state index is 12.1. The van der Waals surface area contributed by atoms with Gasteiger partial charge in [-0.15, -0.1) is 0 Å². The molecule has 0 bridgehead atoms. The van der Waals surface area contributed by atoms with E-state index in [1.807, 2.05) is 6.92 Å². The largest absolute Gasteiger partial charge is 0.383 e. The minimum atomic E-state index is 0.0161. The molecule has 1 aromatic rings. The van der Waals surface area contributed by atoms with Gasteiger partial charge in [0.1, 0.15) is 0 Å². The molecule has 1 amide bonds. The number of hydrogen-bond donors (Lipinski definition) is 1. The average molecular weight is 308 g/mol. The third kappa shape index (κ3) is 3.64. The molecule has 0 aromatic carbocycles. The van der Waals surface area contributed by atoms with Crippen LogP contribution in [-0.2, 0) is 9.53 Å². The molecule has 1 saturated heterocycles. The Bertz CT molecular complexity index is 515. The van der Waals surface area contributed by atoms with Crippen molar-refractivity contribution in [1.82, 2.24) is 20.4 Å². The van der Waals surface area contributed by atoms with E-state index in [9.17, 15) is 4.79 Å². The van der Waals surface area contributed by atoms with Crippen LogP contribution in [0, 0.1) is 0 Å². The average Bonchev–Trinajstić information content (AvgIpc) is 3.03. The second-order valence-corrected chi connectivity index (χ2v) is 6.32. The summed E-state index contributed by atoms with van der Waals surface area (Å²) in [7, 11) is 1.63. The Labute approximate surface area is 130 Å². The number of nitrogens with one attached hydrogen (secondary N) is 1. The van der Waals surface area contributed by atoms with E-state index in [2.05, 4.69) is 20.4 Å². The minimum Gasteiger partial charge on any atom is -0.383 e. The zero-order valence-electron chi connectivity index (χ0n) is 13.2. The molecule has 7 nitrogen and oxygen atoms in total. The zero-order chi connectivity index (χ0) is 15.5. The summed E-state index contributed by atoms with van der Waals surface area (Å²) in [5.74, 6) is 1.98. The van der Waals surface area contributed by atoms with Crippen molar-refractivity contribution >= 4 is 5.91 Å². The van der Waals surface area contributed by atoms with Crippen LogP contribution in [0.5, 0.6) is 0 Å². The third-order valence-corrected chi connectivity index (χ3v) is 4.22. The minimum absolute atomic E-state index is 0.0161. The van der Waals surface area contributed by atoms with Crippen LogP contribution in [0.15, 0.2) is 4.52 Å². The number of amides is 1. The van der Waals surface area contributed by atoms with Crippen LogP contribution in [0.2, 0.25) is 0 Å². The summed E-state index contributed by atoms with van der Waals surface area (Å²) in [5, 5.41) is 7.07. The molecular weight excluding hydrogens is 284 g/mol. The molecule has 7 heteroatoms. The van der Waals surface area contributed by atoms with E-state index in [1.165, 1.54) is 0 Å². The van der Waals surface area contributed by atoms with Gasteiger partial charge in [0, 0.05) is 19.1 Å². The van der Waals surface area contributed by atoms with E-state index in [1.54, 1.807) is 7.11 Å². The Balaban J connectivity index is 1.56. The van der Waals surface area contributed by atoms with Crippen LogP contribution in [0.1, 0.15) is 56.3 Å². The standard InChI is InChI=1S/C15H24N4O3/c1-10(9-21-2)16-13(20)8-19-7-3-4-12(19)14-17-15(22-18-14)11-5-6-11/h10-12H,3-9H2,1-2H3,(H,16,20)/t10-,12-/m1/s1. The van der Waals surface area contributed by atoms with Crippen molar-refractivity contribution in [2.45, 2.75) is 50.6 Å². The molecule has 1 aromatic heterocycles. The van der Waals surface area contributed by atoms with Gasteiger partial charge < -0.3 is 14.6 Å². The van der Waals surface area contributed by atoms with Gasteiger partial charge in [-0.2, -0.15) is 4.98 Å². The van der Waals surface area contributed by atoms with Crippen LogP contribution < -0.4 is 5.32 Å². The van der Waals surface area contributed by atoms with E-state index < -0.39 is 0 Å². The van der Waals surface area contributed by atoms with Crippen molar-refractivity contribution in [2.24, 2.45) is 0 Å². The van der Waals surface area contributed by atoms with Crippen LogP contribution in [0.25, 0.3) is 0 Å². The Hall–Kier alpha value is -1.47. The van der Waals surface area contributed by atoms with Crippen molar-refractivity contribution in [2.75, 3.05) is 26.8 Å². The van der Waals surface area contributed by atoms with Gasteiger partial charge >= 0.3 is 0 Å². The maximum Gasteiger partial charge on any atom is 0.234 e. The molecule has 0 spiro atoms. The zero-order valence-corrected chi connectivity index (χ0v) is 13.2. The van der Waals surface area contributed by atoms with Crippen molar-refractivity contribution in [3.63, 3.8) is 0 Å². The van der Waals surface area contributed by atoms with E-state index in [0.717, 1.165) is 43.9 Å². The lowest BCUT2D eigenvalue weighted by Crippen LogP contribution is -2.42. The number of hydrogen-bond acceptors (Lipinski definition) is 6. The highest BCUT2D eigenvalue weighted by atomic mass is 16.5. The van der Waals surface area contributed by atoms with Crippen LogP contribution in [0.4, 0.5) is 0 Å². The summed E-state index contributed by atoms with van der Waals surface area (Å²) in [5.41, 5.74) is 0. The molecule has 1 saturated carbocycles. The van der Waals surface area contributed by atoms with Crippen molar-refractivity contribution < 1.29 is 14.1 Å². The smallest absolute Gasteiger partial charge is 0.234 e. The van der Waals surface area contributed by atoms with Crippen LogP contribution >= 0.6 is 0 Å². The molecule has 22 heavy (non-hydrogen) atoms. The Kier molecular flexibility index (Phi) is 4.73. The van der Waals surface area contributed by atoms with E-state index in [4.69, 9.17) is 9.26 Å². The fourth-order valence-corrected chi connectivity index (χ4v) is 2.98. The fourth-order valence-electron chi connectivity index (χ4n) is 2.98. The number of carbonyl (C=O) groups excluding carboxylic acids is 1. The van der Waals surface area contributed by atoms with E-state index >= 15 is 0 Å². The molecule has 2 aliphatic rings. The Morgan fingerprint density at radius 1 is 1.50 bits per heavy atom. The van der Waals surface area contributed by atoms with Crippen LogP contribution in [0.3, 0.4) is 0 Å². The van der Waals surface area contributed by atoms with Gasteiger partial charge in [0.05, 0.1) is 19.2 Å². The van der Waals surface area contributed by atoms with Crippen LogP contribution in [-0.4, -0.2) is 53.8 Å². The van der Waals surface area contributed by atoms with Gasteiger partial charge in [-0.3, -0.25) is 9.69 Å². The van der Waals surface area contributed by atoms with Gasteiger partial charge in [-0.25, -0.2) is 0 Å². The first-order valence-corrected chi connectivity index (χ1v) is 8.03. The lowest BCUT2D eigenvalue weighted by atomic mass is 10.2. The maximum atomic E-state index is 12.1. The number of likely N-dealkylation sites (tertiary alicyclic amines) is 1. The normalized spacial score (nSPS) is 23.6. The highest BCUT2D eigenvalue weighted by molar-refractivity contribution is 5.78. The van der Waals surface area contributed by atoms with Gasteiger partial charge in [0.25, 0.3) is 0 Å². The molecule has 122 valence electrons. The number of nitrogens with zero attached hydrogens (tertiary/aromatic N) is 3. The summed E-state index contributed by atoms with van der Waals surface area (Å²) >= 11 is 0. The highest BCUT2D eigenvalue weighted by Crippen LogP contribution is 2.40. The highest BCUT2D eigenvalue weighted by Gasteiger charge is 2.34. The lowest BCUT2D eigenvalue weighted by Gasteiger charge is -2.22. The number of rotatable bonds is 7. The first-order valence-electron chi connectivity index (χ1n) is 8.03. The molecule has 1 N–H and O–H groups in total. The number of carbonyl (C=O) groups is 1. The quantitative estimate of drug-likeness (QED) is 0.816. The molecule has 0 radical (unpaired) electrons. The van der Waals surface area contributed by atoms with Crippen molar-refractivity contribution in [3.8, 4) is 0 Å². The molecule has 2 fully saturated rings. The number of methoxy groups -OCH3 is 1. The van der Waals surface area contributed by atoms with Crippen molar-refractivity contribution in [3.05, 3.63) is 11.7 Å². The summed E-state index contributed by atoms with van der Waals surface area (Å²) in [4.78, 5) is 18.8. The number of ether oxygens (including phenoxy) is 1. The van der Waals surface area contributed by atoms with Gasteiger partial charge in [0.2, 0.25) is 11.8 Å². The van der Waals surface area contributed by atoms with Gasteiger partial charge in [-0.1, -0.05) is 5.16 Å². The second kappa shape index (κ2) is 6.75. The molecule has 2 heterocycles. The molecule has 0 unspecified atom stereocenters. The summed E-state index contributed by atoms with van der Waals surface area (Å²) in [6.07, 6.45) is 4.33. The monoisotopic (exact) mass is 308 g/mol. The predicted octanol–water partition coefficient (Wildman–Crippen LogP) is 1.23. The van der Waals surface area contributed by atoms with Gasteiger partial charge in [0.15, 0.2) is 5.82 Å². The SMILES string of the molecule is COC[C@@H](C)NC(=O)CN1CCC[C@@H]1c1noc(C2CC2)n1. The van der Waals surface area contributed by atoms with Crippen molar-refractivity contribution in [1.29, 1.82) is 0 Å². The number of aromatic nitrogens is 2.